The van der Waals surface area contributed by atoms with Crippen LogP contribution in [0.15, 0.2) is 48.7 Å². The lowest BCUT2D eigenvalue weighted by Crippen LogP contribution is -2.33. The zero-order valence-electron chi connectivity index (χ0n) is 13.3. The fraction of sp³-hybridized carbons (Fsp3) is 0.294. The predicted molar refractivity (Wildman–Crippen MR) is 92.7 cm³/mol. The highest BCUT2D eigenvalue weighted by Crippen LogP contribution is 2.19. The van der Waals surface area contributed by atoms with Crippen LogP contribution in [-0.4, -0.2) is 24.5 Å². The maximum Gasteiger partial charge on any atom is 0.234 e. The Morgan fingerprint density at radius 1 is 1.26 bits per heavy atom. The van der Waals surface area contributed by atoms with Crippen LogP contribution in [0, 0.1) is 0 Å². The Hall–Kier alpha value is -2.11. The summed E-state index contributed by atoms with van der Waals surface area (Å²) in [7, 11) is 1.75. The minimum atomic E-state index is -0.0701. The molecule has 124 valence electrons. The molecule has 1 atom stereocenters. The number of carbonyl (C=O) groups excluding carboxylic acids is 1. The molecular formula is C17H22ClN3O2. The number of ether oxygens (including phenoxy) is 1. The molecule has 0 saturated carbocycles. The van der Waals surface area contributed by atoms with Gasteiger partial charge in [0.15, 0.2) is 0 Å². The number of pyridine rings is 1. The Morgan fingerprint density at radius 3 is 2.78 bits per heavy atom. The van der Waals surface area contributed by atoms with Crippen molar-refractivity contribution in [2.75, 3.05) is 13.6 Å². The van der Waals surface area contributed by atoms with Crippen molar-refractivity contribution in [3.63, 3.8) is 0 Å². The molecule has 23 heavy (non-hydrogen) atoms. The fourth-order valence-corrected chi connectivity index (χ4v) is 2.05. The highest BCUT2D eigenvalue weighted by atomic mass is 35.5. The van der Waals surface area contributed by atoms with Crippen molar-refractivity contribution in [3.05, 3.63) is 59.9 Å². The number of hydrogen-bond acceptors (Lipinski definition) is 4. The van der Waals surface area contributed by atoms with E-state index in [1.54, 1.807) is 13.2 Å². The van der Waals surface area contributed by atoms with E-state index in [1.165, 1.54) is 0 Å². The van der Waals surface area contributed by atoms with Gasteiger partial charge in [0.1, 0.15) is 12.4 Å². The topological polar surface area (TPSA) is 63.2 Å². The fourth-order valence-electron chi connectivity index (χ4n) is 2.05. The Kier molecular flexibility index (Phi) is 8.08. The SMILES string of the molecule is CNCC(=O)NC(C)c1cccc(OCc2ccccn2)c1.Cl. The van der Waals surface area contributed by atoms with Gasteiger partial charge in [0.25, 0.3) is 0 Å². The third-order valence-electron chi connectivity index (χ3n) is 3.19. The molecule has 0 fully saturated rings. The second-order valence-corrected chi connectivity index (χ2v) is 5.00. The van der Waals surface area contributed by atoms with Crippen molar-refractivity contribution in [2.45, 2.75) is 19.6 Å². The monoisotopic (exact) mass is 335 g/mol. The van der Waals surface area contributed by atoms with Crippen molar-refractivity contribution in [3.8, 4) is 5.75 Å². The van der Waals surface area contributed by atoms with Gasteiger partial charge in [0.05, 0.1) is 18.3 Å². The Balaban J connectivity index is 0.00000264. The smallest absolute Gasteiger partial charge is 0.234 e. The number of benzene rings is 1. The molecule has 0 aliphatic carbocycles. The lowest BCUT2D eigenvalue weighted by atomic mass is 10.1. The summed E-state index contributed by atoms with van der Waals surface area (Å²) in [5.74, 6) is 0.729. The number of amides is 1. The van der Waals surface area contributed by atoms with Crippen LogP contribution in [0.4, 0.5) is 0 Å². The van der Waals surface area contributed by atoms with Crippen molar-refractivity contribution >= 4 is 18.3 Å². The predicted octanol–water partition coefficient (Wildman–Crippen LogP) is 2.48. The van der Waals surface area contributed by atoms with Gasteiger partial charge >= 0.3 is 0 Å². The van der Waals surface area contributed by atoms with Crippen molar-refractivity contribution in [1.29, 1.82) is 0 Å². The van der Waals surface area contributed by atoms with E-state index >= 15 is 0 Å². The number of likely N-dealkylation sites (N-methyl/N-ethyl adjacent to an activating group) is 1. The summed E-state index contributed by atoms with van der Waals surface area (Å²) in [6.07, 6.45) is 1.74. The third-order valence-corrected chi connectivity index (χ3v) is 3.19. The van der Waals surface area contributed by atoms with Crippen LogP contribution in [0.2, 0.25) is 0 Å². The van der Waals surface area contributed by atoms with E-state index in [0.29, 0.717) is 13.2 Å². The molecule has 0 bridgehead atoms. The minimum absolute atomic E-state index is 0. The first-order valence-electron chi connectivity index (χ1n) is 7.25. The molecule has 0 aliphatic rings. The van der Waals surface area contributed by atoms with Gasteiger partial charge < -0.3 is 15.4 Å². The second kappa shape index (κ2) is 9.82. The van der Waals surface area contributed by atoms with E-state index in [1.807, 2.05) is 49.4 Å². The highest BCUT2D eigenvalue weighted by molar-refractivity contribution is 5.85. The molecule has 0 aliphatic heterocycles. The molecule has 2 rings (SSSR count). The number of halogens is 1. The molecule has 1 aromatic heterocycles. The third kappa shape index (κ3) is 6.26. The van der Waals surface area contributed by atoms with Crippen LogP contribution in [0.5, 0.6) is 5.75 Å². The van der Waals surface area contributed by atoms with Crippen LogP contribution in [0.25, 0.3) is 0 Å². The summed E-state index contributed by atoms with van der Waals surface area (Å²) < 4.78 is 5.75. The molecule has 1 unspecified atom stereocenters. The summed E-state index contributed by atoms with van der Waals surface area (Å²) in [6, 6.07) is 13.4. The Bertz CT molecular complexity index is 608. The van der Waals surface area contributed by atoms with E-state index < -0.39 is 0 Å². The Labute approximate surface area is 142 Å². The van der Waals surface area contributed by atoms with Crippen LogP contribution >= 0.6 is 12.4 Å². The molecular weight excluding hydrogens is 314 g/mol. The van der Waals surface area contributed by atoms with Gasteiger partial charge in [0, 0.05) is 6.20 Å². The van der Waals surface area contributed by atoms with Crippen molar-refractivity contribution in [1.82, 2.24) is 15.6 Å². The molecule has 0 radical (unpaired) electrons. The Morgan fingerprint density at radius 2 is 2.09 bits per heavy atom. The average molecular weight is 336 g/mol. The zero-order chi connectivity index (χ0) is 15.8. The normalized spacial score (nSPS) is 11.2. The summed E-state index contributed by atoms with van der Waals surface area (Å²) in [5.41, 5.74) is 1.88. The highest BCUT2D eigenvalue weighted by Gasteiger charge is 2.09. The summed E-state index contributed by atoms with van der Waals surface area (Å²) in [4.78, 5) is 15.8. The van der Waals surface area contributed by atoms with Crippen LogP contribution in [0.3, 0.4) is 0 Å². The van der Waals surface area contributed by atoms with Crippen LogP contribution in [0.1, 0.15) is 24.2 Å². The van der Waals surface area contributed by atoms with E-state index in [2.05, 4.69) is 15.6 Å². The molecule has 1 heterocycles. The number of carbonyl (C=O) groups is 1. The van der Waals surface area contributed by atoms with Gasteiger partial charge in [-0.3, -0.25) is 9.78 Å². The van der Waals surface area contributed by atoms with E-state index in [4.69, 9.17) is 4.74 Å². The van der Waals surface area contributed by atoms with E-state index in [-0.39, 0.29) is 24.4 Å². The van der Waals surface area contributed by atoms with E-state index in [9.17, 15) is 4.79 Å². The van der Waals surface area contributed by atoms with E-state index in [0.717, 1.165) is 17.0 Å². The first kappa shape index (κ1) is 18.9. The maximum absolute atomic E-state index is 11.6. The van der Waals surface area contributed by atoms with Gasteiger partial charge in [0.2, 0.25) is 5.91 Å². The van der Waals surface area contributed by atoms with Gasteiger partial charge in [-0.15, -0.1) is 12.4 Å². The largest absolute Gasteiger partial charge is 0.487 e. The number of nitrogens with zero attached hydrogens (tertiary/aromatic N) is 1. The molecule has 1 aromatic carbocycles. The first-order valence-corrected chi connectivity index (χ1v) is 7.25. The maximum atomic E-state index is 11.6. The molecule has 0 saturated heterocycles. The molecule has 1 amide bonds. The van der Waals surface area contributed by atoms with Crippen LogP contribution in [-0.2, 0) is 11.4 Å². The number of rotatable bonds is 7. The standard InChI is InChI=1S/C17H21N3O2.ClH/c1-13(20-17(21)11-18-2)14-6-5-8-16(10-14)22-12-15-7-3-4-9-19-15;/h3-10,13,18H,11-12H2,1-2H3,(H,20,21);1H. The lowest BCUT2D eigenvalue weighted by Gasteiger charge is -2.15. The number of nitrogens with one attached hydrogen (secondary N) is 2. The minimum Gasteiger partial charge on any atom is -0.487 e. The number of aromatic nitrogens is 1. The summed E-state index contributed by atoms with van der Waals surface area (Å²) in [5, 5.41) is 5.76. The molecule has 0 spiro atoms. The molecule has 5 nitrogen and oxygen atoms in total. The van der Waals surface area contributed by atoms with Gasteiger partial charge in [-0.05, 0) is 43.8 Å². The molecule has 6 heteroatoms. The van der Waals surface area contributed by atoms with Gasteiger partial charge in [-0.2, -0.15) is 0 Å². The average Bonchev–Trinajstić information content (AvgIpc) is 2.54. The summed E-state index contributed by atoms with van der Waals surface area (Å²) >= 11 is 0. The number of hydrogen-bond donors (Lipinski definition) is 2. The van der Waals surface area contributed by atoms with Crippen LogP contribution < -0.4 is 15.4 Å². The first-order chi connectivity index (χ1) is 10.7. The van der Waals surface area contributed by atoms with Gasteiger partial charge in [-0.1, -0.05) is 18.2 Å². The lowest BCUT2D eigenvalue weighted by molar-refractivity contribution is -0.120. The second-order valence-electron chi connectivity index (χ2n) is 5.00. The quantitative estimate of drug-likeness (QED) is 0.816. The van der Waals surface area contributed by atoms with Gasteiger partial charge in [-0.25, -0.2) is 0 Å². The summed E-state index contributed by atoms with van der Waals surface area (Å²) in [6.45, 7) is 2.68. The zero-order valence-corrected chi connectivity index (χ0v) is 14.1. The van der Waals surface area contributed by atoms with Crippen molar-refractivity contribution < 1.29 is 9.53 Å². The molecule has 2 aromatic rings. The van der Waals surface area contributed by atoms with Crippen molar-refractivity contribution in [2.24, 2.45) is 0 Å². The molecule has 2 N–H and O–H groups in total.